The van der Waals surface area contributed by atoms with Crippen LogP contribution < -0.4 is 4.74 Å². The molecular weight excluding hydrogens is 263 g/mol. The number of benzene rings is 1. The first kappa shape index (κ1) is 14.8. The van der Waals surface area contributed by atoms with Crippen LogP contribution in [-0.2, 0) is 15.7 Å². The highest BCUT2D eigenvalue weighted by molar-refractivity contribution is 5.74. The summed E-state index contributed by atoms with van der Waals surface area (Å²) in [7, 11) is 1.10. The van der Waals surface area contributed by atoms with Crippen LogP contribution in [0.1, 0.15) is 18.1 Å². The smallest absolute Gasteiger partial charge is 0.420 e. The predicted octanol–water partition coefficient (Wildman–Crippen LogP) is 2.52. The molecule has 0 fully saturated rings. The Morgan fingerprint density at radius 2 is 2.05 bits per heavy atom. The fourth-order valence-corrected chi connectivity index (χ4v) is 1.33. The topological polar surface area (TPSA) is 59.3 Å². The average Bonchev–Trinajstić information content (AvgIpc) is 2.36. The van der Waals surface area contributed by atoms with Crippen molar-refractivity contribution < 1.29 is 27.4 Å². The third kappa shape index (κ3) is 3.61. The lowest BCUT2D eigenvalue weighted by atomic mass is 10.1. The van der Waals surface area contributed by atoms with Gasteiger partial charge in [0.15, 0.2) is 6.10 Å². The summed E-state index contributed by atoms with van der Waals surface area (Å²) in [5.74, 6) is -1.32. The highest BCUT2D eigenvalue weighted by Gasteiger charge is 2.35. The molecule has 1 rings (SSSR count). The van der Waals surface area contributed by atoms with E-state index >= 15 is 0 Å². The van der Waals surface area contributed by atoms with Crippen LogP contribution >= 0.6 is 0 Å². The van der Waals surface area contributed by atoms with Crippen molar-refractivity contribution in [2.45, 2.75) is 19.2 Å². The Kier molecular flexibility index (Phi) is 4.38. The normalized spacial score (nSPS) is 12.4. The quantitative estimate of drug-likeness (QED) is 0.794. The highest BCUT2D eigenvalue weighted by Crippen LogP contribution is 2.37. The minimum atomic E-state index is -4.68. The number of carbonyl (C=O) groups is 1. The van der Waals surface area contributed by atoms with Crippen molar-refractivity contribution >= 4 is 5.97 Å². The molecule has 0 N–H and O–H groups in total. The largest absolute Gasteiger partial charge is 0.478 e. The van der Waals surface area contributed by atoms with Crippen molar-refractivity contribution in [3.63, 3.8) is 0 Å². The van der Waals surface area contributed by atoms with Gasteiger partial charge in [0.2, 0.25) is 0 Å². The Morgan fingerprint density at radius 3 is 2.53 bits per heavy atom. The number of halogens is 3. The van der Waals surface area contributed by atoms with Crippen LogP contribution in [-0.4, -0.2) is 19.2 Å². The van der Waals surface area contributed by atoms with Gasteiger partial charge >= 0.3 is 12.1 Å². The maximum atomic E-state index is 12.8. The van der Waals surface area contributed by atoms with E-state index in [-0.39, 0.29) is 5.56 Å². The lowest BCUT2D eigenvalue weighted by Gasteiger charge is -2.17. The number of methoxy groups -OCH3 is 1. The zero-order chi connectivity index (χ0) is 14.6. The number of hydrogen-bond donors (Lipinski definition) is 0. The Labute approximate surface area is 107 Å². The van der Waals surface area contributed by atoms with E-state index in [4.69, 9.17) is 10.00 Å². The van der Waals surface area contributed by atoms with Gasteiger partial charge in [0.05, 0.1) is 24.3 Å². The van der Waals surface area contributed by atoms with E-state index in [9.17, 15) is 18.0 Å². The number of hydrogen-bond acceptors (Lipinski definition) is 4. The summed E-state index contributed by atoms with van der Waals surface area (Å²) in [6.07, 6.45) is -5.86. The number of nitriles is 1. The molecule has 0 aliphatic carbocycles. The summed E-state index contributed by atoms with van der Waals surface area (Å²) in [6, 6.07) is 4.45. The molecule has 4 nitrogen and oxygen atoms in total. The van der Waals surface area contributed by atoms with Crippen molar-refractivity contribution in [1.29, 1.82) is 5.26 Å². The number of carbonyl (C=O) groups excluding carboxylic acids is 1. The maximum Gasteiger partial charge on any atom is 0.420 e. The molecule has 0 amide bonds. The van der Waals surface area contributed by atoms with E-state index in [1.807, 2.05) is 0 Å². The van der Waals surface area contributed by atoms with Gasteiger partial charge in [0, 0.05) is 0 Å². The Morgan fingerprint density at radius 1 is 1.42 bits per heavy atom. The molecule has 0 saturated heterocycles. The predicted molar refractivity (Wildman–Crippen MR) is 58.3 cm³/mol. The van der Waals surface area contributed by atoms with Gasteiger partial charge in [-0.05, 0) is 25.1 Å². The van der Waals surface area contributed by atoms with Crippen molar-refractivity contribution in [3.05, 3.63) is 29.3 Å². The number of ether oxygens (including phenoxy) is 2. The number of alkyl halides is 3. The lowest BCUT2D eigenvalue weighted by Crippen LogP contribution is -2.26. The van der Waals surface area contributed by atoms with Gasteiger partial charge in [-0.1, -0.05) is 0 Å². The van der Waals surface area contributed by atoms with E-state index in [2.05, 4.69) is 4.74 Å². The molecular formula is C12H10F3NO3. The Bertz CT molecular complexity index is 520. The van der Waals surface area contributed by atoms with Crippen molar-refractivity contribution in [2.75, 3.05) is 7.11 Å². The highest BCUT2D eigenvalue weighted by atomic mass is 19.4. The van der Waals surface area contributed by atoms with Gasteiger partial charge in [0.1, 0.15) is 5.75 Å². The van der Waals surface area contributed by atoms with Crippen LogP contribution in [0.15, 0.2) is 18.2 Å². The first-order valence-electron chi connectivity index (χ1n) is 5.15. The van der Waals surface area contributed by atoms with Crippen LogP contribution in [0, 0.1) is 11.3 Å². The van der Waals surface area contributed by atoms with E-state index in [1.165, 1.54) is 13.0 Å². The van der Waals surface area contributed by atoms with E-state index in [0.717, 1.165) is 13.2 Å². The maximum absolute atomic E-state index is 12.8. The Hall–Kier alpha value is -2.23. The zero-order valence-corrected chi connectivity index (χ0v) is 10.1. The molecule has 0 saturated carbocycles. The average molecular weight is 273 g/mol. The summed E-state index contributed by atoms with van der Waals surface area (Å²) in [5.41, 5.74) is -1.26. The molecule has 1 aromatic rings. The van der Waals surface area contributed by atoms with Crippen LogP contribution in [0.5, 0.6) is 5.75 Å². The van der Waals surface area contributed by atoms with Crippen LogP contribution in [0.25, 0.3) is 0 Å². The standard InChI is InChI=1S/C12H10F3NO3/c1-7(11(17)18-2)19-10-4-3-8(6-16)5-9(10)12(13,14)15/h3-5,7H,1-2H3. The molecule has 1 atom stereocenters. The summed E-state index contributed by atoms with van der Waals surface area (Å²) in [5, 5.41) is 8.59. The van der Waals surface area contributed by atoms with Crippen molar-refractivity contribution in [1.82, 2.24) is 0 Å². The fraction of sp³-hybridized carbons (Fsp3) is 0.333. The number of esters is 1. The zero-order valence-electron chi connectivity index (χ0n) is 10.1. The fourth-order valence-electron chi connectivity index (χ4n) is 1.33. The summed E-state index contributed by atoms with van der Waals surface area (Å²) >= 11 is 0. The SMILES string of the molecule is COC(=O)C(C)Oc1ccc(C#N)cc1C(F)(F)F. The molecule has 19 heavy (non-hydrogen) atoms. The van der Waals surface area contributed by atoms with E-state index < -0.39 is 29.6 Å². The minimum Gasteiger partial charge on any atom is -0.478 e. The number of nitrogens with zero attached hydrogens (tertiary/aromatic N) is 1. The monoisotopic (exact) mass is 273 g/mol. The summed E-state index contributed by atoms with van der Waals surface area (Å²) in [4.78, 5) is 11.1. The van der Waals surface area contributed by atoms with Gasteiger partial charge in [-0.25, -0.2) is 4.79 Å². The second-order valence-electron chi connectivity index (χ2n) is 3.60. The molecule has 0 aliphatic heterocycles. The van der Waals surface area contributed by atoms with Gasteiger partial charge < -0.3 is 9.47 Å². The van der Waals surface area contributed by atoms with Crippen LogP contribution in [0.4, 0.5) is 13.2 Å². The van der Waals surface area contributed by atoms with Gasteiger partial charge in [0.25, 0.3) is 0 Å². The molecule has 102 valence electrons. The van der Waals surface area contributed by atoms with Crippen LogP contribution in [0.3, 0.4) is 0 Å². The van der Waals surface area contributed by atoms with E-state index in [1.54, 1.807) is 6.07 Å². The third-order valence-corrected chi connectivity index (χ3v) is 2.25. The molecule has 0 heterocycles. The van der Waals surface area contributed by atoms with Gasteiger partial charge in [-0.2, -0.15) is 18.4 Å². The molecule has 1 aromatic carbocycles. The second-order valence-corrected chi connectivity index (χ2v) is 3.60. The number of rotatable bonds is 3. The molecule has 0 bridgehead atoms. The summed E-state index contributed by atoms with van der Waals surface area (Å²) in [6.45, 7) is 1.27. The third-order valence-electron chi connectivity index (χ3n) is 2.25. The summed E-state index contributed by atoms with van der Waals surface area (Å²) < 4.78 is 47.7. The lowest BCUT2D eigenvalue weighted by molar-refractivity contribution is -0.150. The molecule has 7 heteroatoms. The molecule has 0 spiro atoms. The molecule has 0 aromatic heterocycles. The molecule has 0 aliphatic rings. The molecule has 0 radical (unpaired) electrons. The van der Waals surface area contributed by atoms with Crippen molar-refractivity contribution in [2.24, 2.45) is 0 Å². The van der Waals surface area contributed by atoms with Crippen molar-refractivity contribution in [3.8, 4) is 11.8 Å². The second kappa shape index (κ2) is 5.61. The van der Waals surface area contributed by atoms with Crippen LogP contribution in [0.2, 0.25) is 0 Å². The first-order valence-corrected chi connectivity index (χ1v) is 5.15. The van der Waals surface area contributed by atoms with Gasteiger partial charge in [-0.15, -0.1) is 0 Å². The molecule has 1 unspecified atom stereocenters. The Balaban J connectivity index is 3.14. The van der Waals surface area contributed by atoms with E-state index in [0.29, 0.717) is 6.07 Å². The van der Waals surface area contributed by atoms with Gasteiger partial charge in [-0.3, -0.25) is 0 Å². The first-order chi connectivity index (χ1) is 8.79. The minimum absolute atomic E-state index is 0.148.